The summed E-state index contributed by atoms with van der Waals surface area (Å²) in [6.07, 6.45) is 3.55. The van der Waals surface area contributed by atoms with Crippen LogP contribution in [-0.4, -0.2) is 9.97 Å². The van der Waals surface area contributed by atoms with E-state index in [-0.39, 0.29) is 20.1 Å². The number of furan rings is 1. The van der Waals surface area contributed by atoms with Crippen LogP contribution >= 0.6 is 0 Å². The summed E-state index contributed by atoms with van der Waals surface area (Å²) >= 11 is 0. The molecule has 4 aromatic carbocycles. The Kier molecular flexibility index (Phi) is 8.23. The maximum atomic E-state index is 9.64. The van der Waals surface area contributed by atoms with Crippen molar-refractivity contribution in [2.75, 3.05) is 0 Å². The van der Waals surface area contributed by atoms with Crippen LogP contribution in [0.15, 0.2) is 132 Å². The first-order chi connectivity index (χ1) is 19.3. The number of hydrogen-bond donors (Lipinski definition) is 0. The van der Waals surface area contributed by atoms with Crippen molar-refractivity contribution in [2.24, 2.45) is 0 Å². The molecule has 4 nitrogen and oxygen atoms in total. The molecule has 0 aliphatic carbocycles. The summed E-state index contributed by atoms with van der Waals surface area (Å²) in [4.78, 5) is 8.66. The van der Waals surface area contributed by atoms with Crippen molar-refractivity contribution >= 4 is 21.9 Å². The van der Waals surface area contributed by atoms with Gasteiger partial charge in [-0.3, -0.25) is 0 Å². The molecule has 0 saturated carbocycles. The van der Waals surface area contributed by atoms with Crippen LogP contribution in [0.1, 0.15) is 5.56 Å². The SMILES string of the molecule is N#Cc1ccc2c(oc3c(-c4ccccn4)[c-]ccc32)c1-c1ccccc1.[Ir].[c-]1ccccc1-c1ccccn1. The summed E-state index contributed by atoms with van der Waals surface area (Å²) in [6, 6.07) is 45.7. The monoisotopic (exact) mass is 692 g/mol. The molecule has 3 aromatic heterocycles. The number of pyridine rings is 2. The maximum Gasteiger partial charge on any atom is 0.130 e. The predicted octanol–water partition coefficient (Wildman–Crippen LogP) is 8.53. The van der Waals surface area contributed by atoms with E-state index in [1.807, 2.05) is 115 Å². The van der Waals surface area contributed by atoms with E-state index in [2.05, 4.69) is 28.2 Å². The van der Waals surface area contributed by atoms with Crippen LogP contribution in [-0.2, 0) is 20.1 Å². The zero-order valence-corrected chi connectivity index (χ0v) is 23.6. The summed E-state index contributed by atoms with van der Waals surface area (Å²) in [5.41, 5.74) is 7.46. The average molecular weight is 692 g/mol. The largest absolute Gasteiger partial charge is 0.500 e. The van der Waals surface area contributed by atoms with Gasteiger partial charge in [0, 0.05) is 43.4 Å². The Morgan fingerprint density at radius 1 is 0.625 bits per heavy atom. The first kappa shape index (κ1) is 26.7. The van der Waals surface area contributed by atoms with E-state index in [1.165, 1.54) is 0 Å². The molecule has 0 saturated heterocycles. The van der Waals surface area contributed by atoms with Crippen LogP contribution in [0, 0.1) is 23.5 Å². The van der Waals surface area contributed by atoms with E-state index < -0.39 is 0 Å². The van der Waals surface area contributed by atoms with Crippen LogP contribution in [0.2, 0.25) is 0 Å². The van der Waals surface area contributed by atoms with Crippen LogP contribution in [0.3, 0.4) is 0 Å². The topological polar surface area (TPSA) is 62.7 Å². The molecule has 0 N–H and O–H groups in total. The van der Waals surface area contributed by atoms with E-state index in [0.717, 1.165) is 50.0 Å². The van der Waals surface area contributed by atoms with Gasteiger partial charge in [-0.05, 0) is 35.2 Å². The third kappa shape index (κ3) is 5.32. The molecule has 0 aliphatic rings. The van der Waals surface area contributed by atoms with Crippen molar-refractivity contribution in [1.82, 2.24) is 9.97 Å². The van der Waals surface area contributed by atoms with E-state index in [9.17, 15) is 5.26 Å². The number of fused-ring (bicyclic) bond motifs is 3. The second-order valence-corrected chi connectivity index (χ2v) is 8.75. The molecule has 40 heavy (non-hydrogen) atoms. The molecular formula is C35H21IrN3O-2. The van der Waals surface area contributed by atoms with Gasteiger partial charge in [0.25, 0.3) is 0 Å². The van der Waals surface area contributed by atoms with E-state index in [4.69, 9.17) is 4.42 Å². The molecule has 1 radical (unpaired) electrons. The molecule has 0 atom stereocenters. The third-order valence-corrected chi connectivity index (χ3v) is 6.36. The summed E-state index contributed by atoms with van der Waals surface area (Å²) < 4.78 is 6.34. The maximum absolute atomic E-state index is 9.64. The van der Waals surface area contributed by atoms with Gasteiger partial charge in [0.15, 0.2) is 0 Å². The van der Waals surface area contributed by atoms with Crippen LogP contribution in [0.5, 0.6) is 0 Å². The van der Waals surface area contributed by atoms with Crippen molar-refractivity contribution < 1.29 is 24.5 Å². The molecule has 0 bridgehead atoms. The second-order valence-electron chi connectivity index (χ2n) is 8.75. The summed E-state index contributed by atoms with van der Waals surface area (Å²) in [6.45, 7) is 0. The average Bonchev–Trinajstić information content (AvgIpc) is 3.41. The first-order valence-electron chi connectivity index (χ1n) is 12.5. The molecular weight excluding hydrogens is 671 g/mol. The minimum atomic E-state index is 0. The number of hydrogen-bond acceptors (Lipinski definition) is 4. The van der Waals surface area contributed by atoms with Gasteiger partial charge < -0.3 is 14.4 Å². The van der Waals surface area contributed by atoms with E-state index >= 15 is 0 Å². The smallest absolute Gasteiger partial charge is 0.130 e. The minimum Gasteiger partial charge on any atom is -0.500 e. The zero-order chi connectivity index (χ0) is 26.4. The van der Waals surface area contributed by atoms with Gasteiger partial charge in [-0.1, -0.05) is 71.6 Å². The molecule has 0 unspecified atom stereocenters. The van der Waals surface area contributed by atoms with Crippen molar-refractivity contribution in [2.45, 2.75) is 0 Å². The van der Waals surface area contributed by atoms with Crippen molar-refractivity contribution in [1.29, 1.82) is 5.26 Å². The van der Waals surface area contributed by atoms with Crippen molar-refractivity contribution in [3.05, 3.63) is 145 Å². The van der Waals surface area contributed by atoms with Gasteiger partial charge in [0.1, 0.15) is 5.58 Å². The standard InChI is InChI=1S/C24H13N2O.C11H8N.Ir/c25-15-17-12-13-19-18-9-6-10-20(21-11-4-5-14-26-21)23(18)27-24(19)22(17)16-7-2-1-3-8-16;1-2-6-10(7-3-1)11-8-4-5-9-12-11;/h1-9,11-14H;1-6,8-9H;/q2*-1;. The number of aromatic nitrogens is 2. The number of benzene rings is 4. The van der Waals surface area contributed by atoms with Gasteiger partial charge in [0.2, 0.25) is 0 Å². The van der Waals surface area contributed by atoms with E-state index in [0.29, 0.717) is 11.1 Å². The van der Waals surface area contributed by atoms with Crippen molar-refractivity contribution in [3.63, 3.8) is 0 Å². The molecule has 7 aromatic rings. The Bertz CT molecular complexity index is 1860. The Morgan fingerprint density at radius 2 is 1.32 bits per heavy atom. The fraction of sp³-hybridized carbons (Fsp3) is 0. The Hall–Kier alpha value is -4.88. The second kappa shape index (κ2) is 12.3. The van der Waals surface area contributed by atoms with Gasteiger partial charge in [-0.15, -0.1) is 54.1 Å². The minimum absolute atomic E-state index is 0. The Labute approximate surface area is 245 Å². The molecule has 0 fully saturated rings. The van der Waals surface area contributed by atoms with Crippen molar-refractivity contribution in [3.8, 4) is 39.7 Å². The molecule has 0 spiro atoms. The molecule has 3 heterocycles. The van der Waals surface area contributed by atoms with Crippen LogP contribution in [0.25, 0.3) is 55.6 Å². The summed E-state index contributed by atoms with van der Waals surface area (Å²) in [5.74, 6) is 0. The Balaban J connectivity index is 0.000000209. The fourth-order valence-electron chi connectivity index (χ4n) is 4.57. The van der Waals surface area contributed by atoms with Crippen LogP contribution in [0.4, 0.5) is 0 Å². The first-order valence-corrected chi connectivity index (χ1v) is 12.5. The fourth-order valence-corrected chi connectivity index (χ4v) is 4.57. The van der Waals surface area contributed by atoms with Gasteiger partial charge in [-0.25, -0.2) is 0 Å². The van der Waals surface area contributed by atoms with Gasteiger partial charge >= 0.3 is 0 Å². The normalized spacial score (nSPS) is 10.3. The molecule has 0 aliphatic heterocycles. The molecule has 0 amide bonds. The zero-order valence-electron chi connectivity index (χ0n) is 21.2. The number of nitrogens with zero attached hydrogens (tertiary/aromatic N) is 3. The van der Waals surface area contributed by atoms with Crippen LogP contribution < -0.4 is 0 Å². The summed E-state index contributed by atoms with van der Waals surface area (Å²) in [5, 5.41) is 11.6. The molecule has 193 valence electrons. The number of nitriles is 1. The third-order valence-electron chi connectivity index (χ3n) is 6.36. The summed E-state index contributed by atoms with van der Waals surface area (Å²) in [7, 11) is 0. The number of rotatable bonds is 3. The van der Waals surface area contributed by atoms with Gasteiger partial charge in [0.05, 0.1) is 17.2 Å². The molecule has 5 heteroatoms. The molecule has 7 rings (SSSR count). The van der Waals surface area contributed by atoms with E-state index in [1.54, 1.807) is 12.4 Å². The Morgan fingerprint density at radius 3 is 2.00 bits per heavy atom. The predicted molar refractivity (Wildman–Crippen MR) is 154 cm³/mol. The van der Waals surface area contributed by atoms with Gasteiger partial charge in [-0.2, -0.15) is 5.26 Å². The quantitative estimate of drug-likeness (QED) is 0.174.